The molecule has 25 heavy (non-hydrogen) atoms. The fourth-order valence-corrected chi connectivity index (χ4v) is 3.65. The molecule has 0 unspecified atom stereocenters. The van der Waals surface area contributed by atoms with Gasteiger partial charge in [0.05, 0.1) is 5.25 Å². The van der Waals surface area contributed by atoms with E-state index in [0.29, 0.717) is 28.2 Å². The predicted octanol–water partition coefficient (Wildman–Crippen LogP) is 3.68. The molecule has 0 radical (unpaired) electrons. The van der Waals surface area contributed by atoms with Gasteiger partial charge in [-0.05, 0) is 26.0 Å². The summed E-state index contributed by atoms with van der Waals surface area (Å²) in [6, 6.07) is 6.22. The molecule has 0 saturated heterocycles. The normalized spacial score (nSPS) is 12.1. The molecule has 0 aliphatic heterocycles. The second-order valence-electron chi connectivity index (χ2n) is 5.15. The van der Waals surface area contributed by atoms with Crippen LogP contribution in [0, 0.1) is 5.82 Å². The number of benzene rings is 1. The van der Waals surface area contributed by atoms with Crippen molar-refractivity contribution >= 4 is 34.1 Å². The van der Waals surface area contributed by atoms with Crippen molar-refractivity contribution in [3.05, 3.63) is 41.7 Å². The van der Waals surface area contributed by atoms with Gasteiger partial charge in [-0.15, -0.1) is 21.5 Å². The minimum atomic E-state index is -0.376. The maximum atomic E-state index is 13.5. The Kier molecular flexibility index (Phi) is 5.44. The van der Waals surface area contributed by atoms with E-state index >= 15 is 0 Å². The van der Waals surface area contributed by atoms with Gasteiger partial charge in [-0.25, -0.2) is 9.37 Å². The maximum Gasteiger partial charge on any atom is 0.239 e. The summed E-state index contributed by atoms with van der Waals surface area (Å²) in [5, 5.41) is 13.7. The number of halogens is 1. The van der Waals surface area contributed by atoms with Crippen LogP contribution in [0.2, 0.25) is 0 Å². The molecule has 0 aliphatic carbocycles. The van der Waals surface area contributed by atoms with Crippen LogP contribution in [-0.4, -0.2) is 30.9 Å². The highest BCUT2D eigenvalue weighted by Crippen LogP contribution is 2.27. The zero-order valence-electron chi connectivity index (χ0n) is 13.6. The van der Waals surface area contributed by atoms with Gasteiger partial charge < -0.3 is 9.88 Å². The molecule has 1 aromatic carbocycles. The van der Waals surface area contributed by atoms with Gasteiger partial charge >= 0.3 is 0 Å². The van der Waals surface area contributed by atoms with Gasteiger partial charge in [0, 0.05) is 23.7 Å². The third-order valence-corrected chi connectivity index (χ3v) is 5.20. The summed E-state index contributed by atoms with van der Waals surface area (Å²) in [4.78, 5) is 16.3. The zero-order chi connectivity index (χ0) is 17.8. The number of carbonyl (C=O) groups excluding carboxylic acids is 1. The van der Waals surface area contributed by atoms with E-state index in [1.807, 2.05) is 11.5 Å². The van der Waals surface area contributed by atoms with Crippen LogP contribution in [0.5, 0.6) is 0 Å². The number of thioether (sulfide) groups is 1. The van der Waals surface area contributed by atoms with Gasteiger partial charge in [0.15, 0.2) is 16.1 Å². The Balaban J connectivity index is 1.77. The largest absolute Gasteiger partial charge is 0.302 e. The Morgan fingerprint density at radius 2 is 2.28 bits per heavy atom. The molecule has 1 atom stereocenters. The van der Waals surface area contributed by atoms with Crippen LogP contribution >= 0.6 is 23.1 Å². The van der Waals surface area contributed by atoms with Crippen LogP contribution in [-0.2, 0) is 11.3 Å². The van der Waals surface area contributed by atoms with E-state index in [0.717, 1.165) is 0 Å². The second-order valence-corrected chi connectivity index (χ2v) is 7.35. The highest BCUT2D eigenvalue weighted by Gasteiger charge is 2.21. The molecule has 2 heterocycles. The molecule has 6 nitrogen and oxygen atoms in total. The molecule has 130 valence electrons. The number of nitrogens with zero attached hydrogens (tertiary/aromatic N) is 4. The Bertz CT molecular complexity index is 865. The quantitative estimate of drug-likeness (QED) is 0.664. The molecule has 1 amide bonds. The Labute approximate surface area is 152 Å². The highest BCUT2D eigenvalue weighted by molar-refractivity contribution is 8.00. The number of rotatable bonds is 6. The van der Waals surface area contributed by atoms with Gasteiger partial charge in [-0.3, -0.25) is 4.79 Å². The minimum absolute atomic E-state index is 0.155. The average Bonchev–Trinajstić information content (AvgIpc) is 3.24. The molecule has 0 fully saturated rings. The Morgan fingerprint density at radius 1 is 1.44 bits per heavy atom. The van der Waals surface area contributed by atoms with Crippen molar-refractivity contribution in [3.63, 3.8) is 0 Å². The first-order valence-corrected chi connectivity index (χ1v) is 9.40. The van der Waals surface area contributed by atoms with Crippen LogP contribution in [0.25, 0.3) is 11.4 Å². The highest BCUT2D eigenvalue weighted by atomic mass is 32.2. The third-order valence-electron chi connectivity index (χ3n) is 3.43. The molecular formula is C16H16FN5OS2. The molecule has 2 aromatic heterocycles. The molecule has 0 spiro atoms. The number of amides is 1. The standard InChI is InChI=1S/C16H16FN5OS2/c1-3-22-13(11-5-4-6-12(17)9-11)20-21-16(22)25-10(2)14(23)19-15-18-7-8-24-15/h4-10H,3H2,1-2H3,(H,18,19,23)/t10-/m1/s1. The molecule has 3 rings (SSSR count). The SMILES string of the molecule is CCn1c(S[C@H](C)C(=O)Nc2nccs2)nnc1-c1cccc(F)c1. The van der Waals surface area contributed by atoms with E-state index in [2.05, 4.69) is 20.5 Å². The number of hydrogen-bond donors (Lipinski definition) is 1. The summed E-state index contributed by atoms with van der Waals surface area (Å²) < 4.78 is 15.3. The van der Waals surface area contributed by atoms with E-state index in [1.165, 1.54) is 35.2 Å². The first-order valence-electron chi connectivity index (χ1n) is 7.64. The van der Waals surface area contributed by atoms with Gasteiger partial charge in [0.2, 0.25) is 5.91 Å². The maximum absolute atomic E-state index is 13.5. The van der Waals surface area contributed by atoms with E-state index in [-0.39, 0.29) is 17.0 Å². The van der Waals surface area contributed by atoms with Crippen molar-refractivity contribution in [3.8, 4) is 11.4 Å². The number of aromatic nitrogens is 4. The molecule has 9 heteroatoms. The summed E-state index contributed by atoms with van der Waals surface area (Å²) in [6.45, 7) is 4.36. The average molecular weight is 377 g/mol. The predicted molar refractivity (Wildman–Crippen MR) is 97.2 cm³/mol. The van der Waals surface area contributed by atoms with Gasteiger partial charge in [0.1, 0.15) is 5.82 Å². The third kappa shape index (κ3) is 4.05. The lowest BCUT2D eigenvalue weighted by molar-refractivity contribution is -0.115. The molecule has 3 aromatic rings. The van der Waals surface area contributed by atoms with Gasteiger partial charge in [0.25, 0.3) is 0 Å². The van der Waals surface area contributed by atoms with E-state index in [9.17, 15) is 9.18 Å². The smallest absolute Gasteiger partial charge is 0.239 e. The summed E-state index contributed by atoms with van der Waals surface area (Å²) in [7, 11) is 0. The number of hydrogen-bond acceptors (Lipinski definition) is 6. The zero-order valence-corrected chi connectivity index (χ0v) is 15.3. The van der Waals surface area contributed by atoms with Crippen LogP contribution in [0.1, 0.15) is 13.8 Å². The minimum Gasteiger partial charge on any atom is -0.302 e. The fourth-order valence-electron chi connectivity index (χ4n) is 2.21. The van der Waals surface area contributed by atoms with Crippen LogP contribution in [0.3, 0.4) is 0 Å². The van der Waals surface area contributed by atoms with Crippen LogP contribution in [0.4, 0.5) is 9.52 Å². The summed E-state index contributed by atoms with van der Waals surface area (Å²) in [5.74, 6) is 0.100. The number of anilines is 1. The lowest BCUT2D eigenvalue weighted by Gasteiger charge is -2.11. The number of nitrogens with one attached hydrogen (secondary N) is 1. The van der Waals surface area contributed by atoms with E-state index in [4.69, 9.17) is 0 Å². The monoisotopic (exact) mass is 377 g/mol. The molecule has 1 N–H and O–H groups in total. The van der Waals surface area contributed by atoms with Crippen molar-refractivity contribution in [2.24, 2.45) is 0 Å². The summed E-state index contributed by atoms with van der Waals surface area (Å²) in [6.07, 6.45) is 1.64. The summed E-state index contributed by atoms with van der Waals surface area (Å²) in [5.41, 5.74) is 0.654. The van der Waals surface area contributed by atoms with Crippen molar-refractivity contribution < 1.29 is 9.18 Å². The van der Waals surface area contributed by atoms with Crippen LogP contribution in [0.15, 0.2) is 41.0 Å². The van der Waals surface area contributed by atoms with Gasteiger partial charge in [-0.2, -0.15) is 0 Å². The Hall–Kier alpha value is -2.26. The first kappa shape index (κ1) is 17.6. The Morgan fingerprint density at radius 3 is 2.96 bits per heavy atom. The lowest BCUT2D eigenvalue weighted by Crippen LogP contribution is -2.22. The van der Waals surface area contributed by atoms with Crippen molar-refractivity contribution in [1.82, 2.24) is 19.7 Å². The van der Waals surface area contributed by atoms with Crippen LogP contribution < -0.4 is 5.32 Å². The van der Waals surface area contributed by atoms with Crippen molar-refractivity contribution in [1.29, 1.82) is 0 Å². The van der Waals surface area contributed by atoms with Crippen molar-refractivity contribution in [2.75, 3.05) is 5.32 Å². The fraction of sp³-hybridized carbons (Fsp3) is 0.250. The molecule has 0 bridgehead atoms. The molecular weight excluding hydrogens is 361 g/mol. The van der Waals surface area contributed by atoms with Gasteiger partial charge in [-0.1, -0.05) is 23.9 Å². The van der Waals surface area contributed by atoms with Crippen molar-refractivity contribution in [2.45, 2.75) is 30.8 Å². The topological polar surface area (TPSA) is 72.7 Å². The summed E-state index contributed by atoms with van der Waals surface area (Å²) >= 11 is 2.67. The number of thiazole rings is 1. The van der Waals surface area contributed by atoms with E-state index in [1.54, 1.807) is 30.6 Å². The number of carbonyl (C=O) groups is 1. The lowest BCUT2D eigenvalue weighted by atomic mass is 10.2. The van der Waals surface area contributed by atoms with E-state index < -0.39 is 0 Å². The molecule has 0 aliphatic rings. The molecule has 0 saturated carbocycles. The second kappa shape index (κ2) is 7.75. The first-order chi connectivity index (χ1) is 12.1.